The van der Waals surface area contributed by atoms with Crippen molar-refractivity contribution in [3.63, 3.8) is 0 Å². The van der Waals surface area contributed by atoms with Crippen LogP contribution in [0.3, 0.4) is 0 Å². The van der Waals surface area contributed by atoms with Gasteiger partial charge in [-0.15, -0.1) is 0 Å². The second-order valence-corrected chi connectivity index (χ2v) is 11.5. The first-order chi connectivity index (χ1) is 22.7. The van der Waals surface area contributed by atoms with Crippen LogP contribution < -0.4 is 10.6 Å². The Kier molecular flexibility index (Phi) is 11.5. The molecule has 2 atom stereocenters. The Labute approximate surface area is 273 Å². The Balaban J connectivity index is 1.53. The van der Waals surface area contributed by atoms with Gasteiger partial charge in [0.2, 0.25) is 35.2 Å². The van der Waals surface area contributed by atoms with Gasteiger partial charge in [0.15, 0.2) is 0 Å². The highest BCUT2D eigenvalue weighted by Gasteiger charge is 2.39. The molecule has 0 radical (unpaired) electrons. The number of hydrogen-bond acceptors (Lipinski definition) is 8. The van der Waals surface area contributed by atoms with Crippen molar-refractivity contribution in [1.29, 1.82) is 0 Å². The molecule has 1 unspecified atom stereocenters. The number of carbonyl (C=O) groups is 5. The molecule has 2 heterocycles. The van der Waals surface area contributed by atoms with E-state index in [1.165, 1.54) is 23.1 Å². The molecule has 1 aliphatic rings. The lowest BCUT2D eigenvalue weighted by Gasteiger charge is -2.30. The summed E-state index contributed by atoms with van der Waals surface area (Å²) in [6.07, 6.45) is -3.32. The van der Waals surface area contributed by atoms with E-state index in [1.54, 1.807) is 44.2 Å². The number of hydrogen-bond donors (Lipinski definition) is 3. The van der Waals surface area contributed by atoms with E-state index in [0.717, 1.165) is 12.1 Å². The monoisotopic (exact) mass is 669 g/mol. The van der Waals surface area contributed by atoms with Crippen molar-refractivity contribution >= 4 is 35.6 Å². The van der Waals surface area contributed by atoms with Gasteiger partial charge < -0.3 is 25.2 Å². The zero-order valence-corrected chi connectivity index (χ0v) is 26.1. The largest absolute Gasteiger partial charge is 0.481 e. The highest BCUT2D eigenvalue weighted by atomic mass is 19.4. The number of aromatic nitrogens is 2. The SMILES string of the molecule is CC(C)[C@H](NC(=O)CCC(=O)O)C(=O)N1CCCC1C(=O)N/C(=C/c1ccccc1)C(=O)c1noc(Cc2cccc(C(F)(F)F)c2)n1. The molecule has 1 aromatic heterocycles. The lowest BCUT2D eigenvalue weighted by atomic mass is 10.0. The highest BCUT2D eigenvalue weighted by molar-refractivity contribution is 6.11. The van der Waals surface area contributed by atoms with Crippen molar-refractivity contribution in [3.8, 4) is 0 Å². The van der Waals surface area contributed by atoms with Crippen LogP contribution in [0, 0.1) is 5.92 Å². The average Bonchev–Trinajstić information content (AvgIpc) is 3.72. The summed E-state index contributed by atoms with van der Waals surface area (Å²) in [6, 6.07) is 11.1. The van der Waals surface area contributed by atoms with Crippen molar-refractivity contribution in [1.82, 2.24) is 25.7 Å². The number of Topliss-reactive ketones (excluding diaryl/α,β-unsaturated/α-hetero) is 1. The second-order valence-electron chi connectivity index (χ2n) is 11.5. The van der Waals surface area contributed by atoms with E-state index in [4.69, 9.17) is 9.63 Å². The molecule has 254 valence electrons. The normalized spacial score (nSPS) is 15.7. The average molecular weight is 670 g/mol. The molecule has 1 fully saturated rings. The van der Waals surface area contributed by atoms with Crippen LogP contribution in [-0.4, -0.2) is 68.2 Å². The lowest BCUT2D eigenvalue weighted by molar-refractivity contribution is -0.142. The summed E-state index contributed by atoms with van der Waals surface area (Å²) < 4.78 is 44.6. The smallest absolute Gasteiger partial charge is 0.416 e. The fraction of sp³-hybridized carbons (Fsp3) is 0.364. The minimum Gasteiger partial charge on any atom is -0.481 e. The lowest BCUT2D eigenvalue weighted by Crippen LogP contribution is -2.55. The molecule has 4 rings (SSSR count). The van der Waals surface area contributed by atoms with Gasteiger partial charge in [-0.3, -0.25) is 24.0 Å². The summed E-state index contributed by atoms with van der Waals surface area (Å²) in [4.78, 5) is 69.4. The predicted molar refractivity (Wildman–Crippen MR) is 164 cm³/mol. The van der Waals surface area contributed by atoms with E-state index >= 15 is 0 Å². The molecule has 3 aromatic rings. The Morgan fingerprint density at radius 2 is 1.79 bits per heavy atom. The number of amides is 3. The Bertz CT molecular complexity index is 1690. The van der Waals surface area contributed by atoms with Gasteiger partial charge in [0.1, 0.15) is 12.1 Å². The highest BCUT2D eigenvalue weighted by Crippen LogP contribution is 2.30. The molecule has 0 saturated carbocycles. The van der Waals surface area contributed by atoms with Crippen LogP contribution in [0.25, 0.3) is 6.08 Å². The van der Waals surface area contributed by atoms with E-state index in [-0.39, 0.29) is 48.9 Å². The molecule has 3 N–H and O–H groups in total. The van der Waals surface area contributed by atoms with Crippen LogP contribution in [0.2, 0.25) is 0 Å². The molecule has 48 heavy (non-hydrogen) atoms. The summed E-state index contributed by atoms with van der Waals surface area (Å²) in [5, 5.41) is 17.8. The maximum Gasteiger partial charge on any atom is 0.416 e. The van der Waals surface area contributed by atoms with Gasteiger partial charge in [0.05, 0.1) is 24.1 Å². The van der Waals surface area contributed by atoms with Crippen molar-refractivity contribution in [3.05, 3.63) is 88.7 Å². The topological polar surface area (TPSA) is 172 Å². The Morgan fingerprint density at radius 1 is 1.06 bits per heavy atom. The first-order valence-corrected chi connectivity index (χ1v) is 15.2. The van der Waals surface area contributed by atoms with Gasteiger partial charge >= 0.3 is 12.1 Å². The van der Waals surface area contributed by atoms with Gasteiger partial charge in [0, 0.05) is 13.0 Å². The van der Waals surface area contributed by atoms with Crippen LogP contribution in [0.15, 0.2) is 64.8 Å². The van der Waals surface area contributed by atoms with E-state index in [2.05, 4.69) is 20.8 Å². The van der Waals surface area contributed by atoms with Crippen LogP contribution in [0.4, 0.5) is 13.2 Å². The van der Waals surface area contributed by atoms with Crippen LogP contribution in [0.1, 0.15) is 72.7 Å². The second kappa shape index (κ2) is 15.5. The summed E-state index contributed by atoms with van der Waals surface area (Å²) in [6.45, 7) is 3.62. The van der Waals surface area contributed by atoms with Crippen molar-refractivity contribution < 1.29 is 46.8 Å². The summed E-state index contributed by atoms with van der Waals surface area (Å²) in [5.74, 6) is -4.76. The standard InChI is InChI=1S/C33H34F3N5O7/c1-19(2)28(38-25(42)13-14-27(43)44)32(47)41-15-7-12-24(41)31(46)37-23(17-20-8-4-3-5-9-20)29(45)30-39-26(48-40-30)18-21-10-6-11-22(16-21)33(34,35)36/h3-6,8-11,16-17,19,24,28H,7,12-15,18H2,1-2H3,(H,37,46)(H,38,42)(H,43,44)/b23-17+/t24?,28-/m0/s1. The quantitative estimate of drug-likeness (QED) is 0.180. The number of rotatable bonds is 13. The number of nitrogens with zero attached hydrogens (tertiary/aromatic N) is 3. The Morgan fingerprint density at radius 3 is 2.46 bits per heavy atom. The summed E-state index contributed by atoms with van der Waals surface area (Å²) in [7, 11) is 0. The third-order valence-corrected chi connectivity index (χ3v) is 7.55. The number of carboxylic acid groups (broad SMARTS) is 1. The summed E-state index contributed by atoms with van der Waals surface area (Å²) in [5.41, 5.74) is -0.327. The van der Waals surface area contributed by atoms with Gasteiger partial charge in [0.25, 0.3) is 0 Å². The fourth-order valence-corrected chi connectivity index (χ4v) is 5.12. The third kappa shape index (κ3) is 9.36. The number of likely N-dealkylation sites (tertiary alicyclic amines) is 1. The van der Waals surface area contributed by atoms with E-state index < -0.39 is 65.5 Å². The molecule has 0 bridgehead atoms. The number of allylic oxidation sites excluding steroid dienone is 1. The van der Waals surface area contributed by atoms with Gasteiger partial charge in [-0.05, 0) is 42.0 Å². The molecule has 3 amide bonds. The molecule has 0 aliphatic carbocycles. The molecule has 15 heteroatoms. The molecule has 2 aromatic carbocycles. The van der Waals surface area contributed by atoms with E-state index in [0.29, 0.717) is 12.0 Å². The van der Waals surface area contributed by atoms with Crippen LogP contribution >= 0.6 is 0 Å². The van der Waals surface area contributed by atoms with Gasteiger partial charge in [-0.2, -0.15) is 18.2 Å². The number of nitrogens with one attached hydrogen (secondary N) is 2. The zero-order chi connectivity index (χ0) is 35.0. The molecule has 0 spiro atoms. The van der Waals surface area contributed by atoms with Crippen molar-refractivity contribution in [2.24, 2.45) is 5.92 Å². The minimum atomic E-state index is -4.55. The van der Waals surface area contributed by atoms with Crippen molar-refractivity contribution in [2.45, 2.75) is 64.2 Å². The fourth-order valence-electron chi connectivity index (χ4n) is 5.12. The molecule has 12 nitrogen and oxygen atoms in total. The predicted octanol–water partition coefficient (Wildman–Crippen LogP) is 4.02. The number of carboxylic acids is 1. The maximum atomic E-state index is 13.6. The van der Waals surface area contributed by atoms with Crippen molar-refractivity contribution in [2.75, 3.05) is 6.54 Å². The number of ketones is 1. The number of halogens is 3. The first-order valence-electron chi connectivity index (χ1n) is 15.2. The van der Waals surface area contributed by atoms with Gasteiger partial charge in [-0.1, -0.05) is 67.5 Å². The number of carbonyl (C=O) groups excluding carboxylic acids is 4. The molecule has 1 saturated heterocycles. The van der Waals surface area contributed by atoms with E-state index in [9.17, 15) is 37.1 Å². The van der Waals surface area contributed by atoms with Gasteiger partial charge in [-0.25, -0.2) is 0 Å². The maximum absolute atomic E-state index is 13.6. The zero-order valence-electron chi connectivity index (χ0n) is 26.1. The molecular weight excluding hydrogens is 635 g/mol. The molecule has 1 aliphatic heterocycles. The number of aliphatic carboxylic acids is 1. The third-order valence-electron chi connectivity index (χ3n) is 7.55. The molecular formula is C33H34F3N5O7. The summed E-state index contributed by atoms with van der Waals surface area (Å²) >= 11 is 0. The number of alkyl halides is 3. The number of benzene rings is 2. The van der Waals surface area contributed by atoms with Crippen LogP contribution in [0.5, 0.6) is 0 Å². The van der Waals surface area contributed by atoms with E-state index in [1.807, 2.05) is 0 Å². The van der Waals surface area contributed by atoms with Crippen LogP contribution in [-0.2, 0) is 31.8 Å². The minimum absolute atomic E-state index is 0.124. The first kappa shape index (κ1) is 35.5. The Hall–Kier alpha value is -5.34.